The average molecular weight is 705 g/mol. The van der Waals surface area contributed by atoms with Crippen molar-refractivity contribution in [2.24, 2.45) is 0 Å². The second-order valence-electron chi connectivity index (χ2n) is 14.1. The third kappa shape index (κ3) is 5.07. The van der Waals surface area contributed by atoms with Crippen LogP contribution in [0.4, 0.5) is 0 Å². The van der Waals surface area contributed by atoms with Gasteiger partial charge in [0, 0.05) is 42.1 Å². The second-order valence-corrected chi connectivity index (χ2v) is 15.1. The number of rotatable bonds is 5. The molecule has 0 saturated heterocycles. The normalized spacial score (nSPS) is 11.7. The molecule has 11 aromatic rings. The van der Waals surface area contributed by atoms with Gasteiger partial charge in [0.15, 0.2) is 0 Å². The Morgan fingerprint density at radius 3 is 1.74 bits per heavy atom. The van der Waals surface area contributed by atoms with E-state index in [2.05, 4.69) is 194 Å². The first kappa shape index (κ1) is 30.8. The zero-order valence-electron chi connectivity index (χ0n) is 29.3. The van der Waals surface area contributed by atoms with E-state index in [1.807, 2.05) is 11.3 Å². The first-order valence-corrected chi connectivity index (χ1v) is 19.2. The van der Waals surface area contributed by atoms with Crippen LogP contribution < -0.4 is 0 Å². The zero-order chi connectivity index (χ0) is 35.6. The van der Waals surface area contributed by atoms with E-state index in [-0.39, 0.29) is 0 Å². The molecule has 1 nitrogen and oxygen atoms in total. The Kier molecular flexibility index (Phi) is 7.11. The summed E-state index contributed by atoms with van der Waals surface area (Å²) in [6.45, 7) is 0. The van der Waals surface area contributed by atoms with Crippen LogP contribution in [0.2, 0.25) is 0 Å². The summed E-state index contributed by atoms with van der Waals surface area (Å²) >= 11 is 1.88. The van der Waals surface area contributed by atoms with E-state index in [0.717, 1.165) is 33.1 Å². The van der Waals surface area contributed by atoms with E-state index >= 15 is 0 Å². The number of hydrogen-bond acceptors (Lipinski definition) is 2. The molecule has 0 fully saturated rings. The van der Waals surface area contributed by atoms with Crippen LogP contribution in [0.25, 0.3) is 109 Å². The molecule has 2 heteroatoms. The van der Waals surface area contributed by atoms with Gasteiger partial charge in [-0.05, 0) is 97.7 Å². The van der Waals surface area contributed by atoms with Crippen LogP contribution in [0.5, 0.6) is 0 Å². The SMILES string of the molecule is c1ccc(-c2cccc(-c3cccc4c3oc3cccc(-c5cc(-c6ccc7cc(-c8ccccc8)ccc7c6)c6sc7ccccc7c6c5)c34)c2)cc1. The van der Waals surface area contributed by atoms with Crippen molar-refractivity contribution in [3.63, 3.8) is 0 Å². The Bertz CT molecular complexity index is 3200. The molecular formula is C52H32OS. The number of thiophene rings is 1. The number of hydrogen-bond donors (Lipinski definition) is 0. The lowest BCUT2D eigenvalue weighted by atomic mass is 9.92. The van der Waals surface area contributed by atoms with Crippen LogP contribution in [0.1, 0.15) is 0 Å². The Hall–Kier alpha value is -6.74. The fourth-order valence-electron chi connectivity index (χ4n) is 8.23. The monoisotopic (exact) mass is 704 g/mol. The highest BCUT2D eigenvalue weighted by Crippen LogP contribution is 2.46. The molecule has 9 aromatic carbocycles. The summed E-state index contributed by atoms with van der Waals surface area (Å²) in [6.07, 6.45) is 0. The minimum Gasteiger partial charge on any atom is -0.455 e. The third-order valence-electron chi connectivity index (χ3n) is 10.9. The maximum atomic E-state index is 6.80. The molecule has 0 saturated carbocycles. The van der Waals surface area contributed by atoms with Crippen molar-refractivity contribution in [1.29, 1.82) is 0 Å². The molecule has 2 aromatic heterocycles. The maximum absolute atomic E-state index is 6.80. The van der Waals surface area contributed by atoms with Crippen molar-refractivity contribution in [2.75, 3.05) is 0 Å². The average Bonchev–Trinajstić information content (AvgIpc) is 3.82. The van der Waals surface area contributed by atoms with Gasteiger partial charge in [-0.15, -0.1) is 11.3 Å². The van der Waals surface area contributed by atoms with Gasteiger partial charge >= 0.3 is 0 Å². The Morgan fingerprint density at radius 2 is 0.926 bits per heavy atom. The summed E-state index contributed by atoms with van der Waals surface area (Å²) in [5.74, 6) is 0. The zero-order valence-corrected chi connectivity index (χ0v) is 30.1. The number of benzene rings is 9. The molecule has 252 valence electrons. The van der Waals surface area contributed by atoms with Gasteiger partial charge in [-0.2, -0.15) is 0 Å². The standard InChI is InChI=1S/C52H32OS/c1-3-12-33(13-4-1)35-16-9-17-39(29-35)43-20-10-21-45-50-42(19-11-22-48(50)53-51(43)45)41-31-46(52-47(32-41)44-18-7-8-23-49(44)54-52)40-27-26-37-28-36(24-25-38(37)30-40)34-14-5-2-6-15-34/h1-32H. The quantitative estimate of drug-likeness (QED) is 0.174. The van der Waals surface area contributed by atoms with Crippen molar-refractivity contribution in [1.82, 2.24) is 0 Å². The molecule has 0 spiro atoms. The summed E-state index contributed by atoms with van der Waals surface area (Å²) < 4.78 is 9.40. The predicted molar refractivity (Wildman–Crippen MR) is 231 cm³/mol. The Morgan fingerprint density at radius 1 is 0.333 bits per heavy atom. The van der Waals surface area contributed by atoms with E-state index < -0.39 is 0 Å². The van der Waals surface area contributed by atoms with E-state index in [9.17, 15) is 0 Å². The van der Waals surface area contributed by atoms with Crippen LogP contribution in [0, 0.1) is 0 Å². The lowest BCUT2D eigenvalue weighted by Gasteiger charge is -2.12. The van der Waals surface area contributed by atoms with Crippen molar-refractivity contribution in [3.05, 3.63) is 194 Å². The summed E-state index contributed by atoms with van der Waals surface area (Å²) in [6, 6.07) is 70.3. The molecule has 11 rings (SSSR count). The molecule has 0 bridgehead atoms. The molecule has 0 amide bonds. The molecule has 0 radical (unpaired) electrons. The highest BCUT2D eigenvalue weighted by atomic mass is 32.1. The Balaban J connectivity index is 1.10. The largest absolute Gasteiger partial charge is 0.455 e. The molecular weight excluding hydrogens is 673 g/mol. The fourth-order valence-corrected chi connectivity index (χ4v) is 9.45. The van der Waals surface area contributed by atoms with Gasteiger partial charge in [-0.3, -0.25) is 0 Å². The van der Waals surface area contributed by atoms with Crippen LogP contribution in [-0.2, 0) is 0 Å². The van der Waals surface area contributed by atoms with Gasteiger partial charge in [0.25, 0.3) is 0 Å². The highest BCUT2D eigenvalue weighted by Gasteiger charge is 2.19. The van der Waals surface area contributed by atoms with E-state index in [4.69, 9.17) is 4.42 Å². The Labute approximate surface area is 317 Å². The first-order chi connectivity index (χ1) is 26.7. The van der Waals surface area contributed by atoms with Crippen molar-refractivity contribution in [2.45, 2.75) is 0 Å². The van der Waals surface area contributed by atoms with Gasteiger partial charge in [-0.1, -0.05) is 152 Å². The second kappa shape index (κ2) is 12.4. The van der Waals surface area contributed by atoms with E-state index in [1.54, 1.807) is 0 Å². The summed E-state index contributed by atoms with van der Waals surface area (Å²) in [4.78, 5) is 0. The molecule has 0 N–H and O–H groups in total. The molecule has 0 unspecified atom stereocenters. The number of fused-ring (bicyclic) bond motifs is 7. The third-order valence-corrected chi connectivity index (χ3v) is 12.1. The maximum Gasteiger partial charge on any atom is 0.143 e. The van der Waals surface area contributed by atoms with Crippen LogP contribution in [-0.4, -0.2) is 0 Å². The van der Waals surface area contributed by atoms with Gasteiger partial charge < -0.3 is 4.42 Å². The van der Waals surface area contributed by atoms with Gasteiger partial charge in [0.05, 0.1) is 0 Å². The molecule has 0 aliphatic heterocycles. The first-order valence-electron chi connectivity index (χ1n) is 18.4. The smallest absolute Gasteiger partial charge is 0.143 e. The summed E-state index contributed by atoms with van der Waals surface area (Å²) in [5, 5.41) is 7.32. The van der Waals surface area contributed by atoms with Gasteiger partial charge in [0.1, 0.15) is 11.2 Å². The lowest BCUT2D eigenvalue weighted by Crippen LogP contribution is -1.86. The summed E-state index contributed by atoms with van der Waals surface area (Å²) in [7, 11) is 0. The fraction of sp³-hybridized carbons (Fsp3) is 0. The molecule has 54 heavy (non-hydrogen) atoms. The number of furan rings is 1. The molecule has 0 atom stereocenters. The van der Waals surface area contributed by atoms with Crippen LogP contribution in [0.3, 0.4) is 0 Å². The minimum absolute atomic E-state index is 0.894. The molecule has 0 aliphatic carbocycles. The lowest BCUT2D eigenvalue weighted by molar-refractivity contribution is 0.670. The van der Waals surface area contributed by atoms with Gasteiger partial charge in [0.2, 0.25) is 0 Å². The van der Waals surface area contributed by atoms with E-state index in [1.165, 1.54) is 75.5 Å². The van der Waals surface area contributed by atoms with Gasteiger partial charge in [-0.25, -0.2) is 0 Å². The van der Waals surface area contributed by atoms with E-state index in [0.29, 0.717) is 0 Å². The molecule has 2 heterocycles. The van der Waals surface area contributed by atoms with Crippen molar-refractivity contribution < 1.29 is 4.42 Å². The minimum atomic E-state index is 0.894. The highest BCUT2D eigenvalue weighted by molar-refractivity contribution is 7.26. The van der Waals surface area contributed by atoms with Crippen LogP contribution >= 0.6 is 11.3 Å². The van der Waals surface area contributed by atoms with Crippen LogP contribution in [0.15, 0.2) is 199 Å². The molecule has 0 aliphatic rings. The summed E-state index contributed by atoms with van der Waals surface area (Å²) in [5.41, 5.74) is 13.7. The topological polar surface area (TPSA) is 13.1 Å². The predicted octanol–water partition coefficient (Wildman–Crippen LogP) is 15.4. The van der Waals surface area contributed by atoms with Crippen molar-refractivity contribution >= 4 is 64.2 Å². The number of para-hydroxylation sites is 1. The van der Waals surface area contributed by atoms with Crippen molar-refractivity contribution in [3.8, 4) is 55.6 Å².